The Morgan fingerprint density at radius 3 is 2.10 bits per heavy atom. The summed E-state index contributed by atoms with van der Waals surface area (Å²) < 4.78 is 5.73. The first kappa shape index (κ1) is 22.9. The van der Waals surface area contributed by atoms with Gasteiger partial charge in [-0.15, -0.1) is 0 Å². The largest absolute Gasteiger partial charge is 0.489 e. The fourth-order valence-electron chi connectivity index (χ4n) is 2.91. The molecule has 2 atom stereocenters. The molecule has 0 heterocycles. The van der Waals surface area contributed by atoms with Gasteiger partial charge in [0.1, 0.15) is 24.4 Å². The Morgan fingerprint density at radius 2 is 1.57 bits per heavy atom. The minimum absolute atomic E-state index is 0.116. The molecule has 0 aromatic heterocycles. The average Bonchev–Trinajstić information content (AvgIpc) is 2.71. The SMILES string of the molecule is CC(=O)N[C@@H](C(=O)N[C@@H](Cc1ccc(OCc2ccccc2)cc1)C(=O)O)C(C)C. The zero-order chi connectivity index (χ0) is 22.1. The first-order valence-corrected chi connectivity index (χ1v) is 9.82. The van der Waals surface area contributed by atoms with Gasteiger partial charge in [-0.1, -0.05) is 56.3 Å². The zero-order valence-electron chi connectivity index (χ0n) is 17.4. The molecule has 0 saturated carbocycles. The Labute approximate surface area is 176 Å². The summed E-state index contributed by atoms with van der Waals surface area (Å²) in [6.45, 7) is 5.32. The van der Waals surface area contributed by atoms with Crippen molar-refractivity contribution in [3.8, 4) is 5.75 Å². The van der Waals surface area contributed by atoms with Gasteiger partial charge >= 0.3 is 5.97 Å². The van der Waals surface area contributed by atoms with Crippen molar-refractivity contribution in [3.63, 3.8) is 0 Å². The van der Waals surface area contributed by atoms with Crippen molar-refractivity contribution >= 4 is 17.8 Å². The molecule has 0 radical (unpaired) electrons. The van der Waals surface area contributed by atoms with E-state index in [1.165, 1.54) is 6.92 Å². The Hall–Kier alpha value is -3.35. The highest BCUT2D eigenvalue weighted by Gasteiger charge is 2.28. The number of nitrogens with one attached hydrogen (secondary N) is 2. The van der Waals surface area contributed by atoms with Gasteiger partial charge in [0.15, 0.2) is 0 Å². The molecule has 2 amide bonds. The number of hydrogen-bond donors (Lipinski definition) is 3. The number of carboxylic acids is 1. The molecule has 0 unspecified atom stereocenters. The standard InChI is InChI=1S/C23H28N2O5/c1-15(2)21(24-16(3)26)22(27)25-20(23(28)29)13-17-9-11-19(12-10-17)30-14-18-7-5-4-6-8-18/h4-12,15,20-21H,13-14H2,1-3H3,(H,24,26)(H,25,27)(H,28,29)/t20-,21+/m0/s1. The normalized spacial score (nSPS) is 12.7. The van der Waals surface area contributed by atoms with E-state index in [0.29, 0.717) is 12.4 Å². The van der Waals surface area contributed by atoms with Gasteiger partial charge in [0.05, 0.1) is 0 Å². The van der Waals surface area contributed by atoms with Crippen LogP contribution in [0.25, 0.3) is 0 Å². The molecule has 0 aliphatic carbocycles. The van der Waals surface area contributed by atoms with Gasteiger partial charge in [-0.3, -0.25) is 9.59 Å². The molecule has 3 N–H and O–H groups in total. The van der Waals surface area contributed by atoms with Crippen LogP contribution in [-0.4, -0.2) is 35.0 Å². The topological polar surface area (TPSA) is 105 Å². The van der Waals surface area contributed by atoms with Gasteiger partial charge in [-0.25, -0.2) is 4.79 Å². The Bertz CT molecular complexity index is 850. The van der Waals surface area contributed by atoms with Gasteiger partial charge in [-0.2, -0.15) is 0 Å². The summed E-state index contributed by atoms with van der Waals surface area (Å²) in [6, 6.07) is 15.0. The molecular formula is C23H28N2O5. The van der Waals surface area contributed by atoms with Gasteiger partial charge in [0, 0.05) is 13.3 Å². The van der Waals surface area contributed by atoms with E-state index < -0.39 is 24.0 Å². The van der Waals surface area contributed by atoms with Crippen LogP contribution in [0.1, 0.15) is 31.9 Å². The van der Waals surface area contributed by atoms with E-state index in [1.54, 1.807) is 38.1 Å². The minimum atomic E-state index is -1.14. The molecule has 0 aliphatic rings. The average molecular weight is 412 g/mol. The van der Waals surface area contributed by atoms with Gasteiger partial charge in [0.25, 0.3) is 0 Å². The second-order valence-electron chi connectivity index (χ2n) is 7.44. The predicted octanol–water partition coefficient (Wildman–Crippen LogP) is 2.54. The minimum Gasteiger partial charge on any atom is -0.489 e. The van der Waals surface area contributed by atoms with Crippen molar-refractivity contribution in [2.24, 2.45) is 5.92 Å². The second kappa shape index (κ2) is 11.0. The number of rotatable bonds is 10. The van der Waals surface area contributed by atoms with E-state index in [-0.39, 0.29) is 18.2 Å². The lowest BCUT2D eigenvalue weighted by atomic mass is 10.0. The van der Waals surface area contributed by atoms with Crippen LogP contribution in [-0.2, 0) is 27.4 Å². The Balaban J connectivity index is 1.98. The van der Waals surface area contributed by atoms with Crippen LogP contribution >= 0.6 is 0 Å². The maximum Gasteiger partial charge on any atom is 0.326 e. The molecule has 0 spiro atoms. The van der Waals surface area contributed by atoms with E-state index >= 15 is 0 Å². The summed E-state index contributed by atoms with van der Waals surface area (Å²) in [5, 5.41) is 14.6. The molecule has 0 bridgehead atoms. The molecule has 2 rings (SSSR count). The van der Waals surface area contributed by atoms with E-state index in [1.807, 2.05) is 30.3 Å². The van der Waals surface area contributed by atoms with Crippen molar-refractivity contribution in [2.75, 3.05) is 0 Å². The van der Waals surface area contributed by atoms with Crippen LogP contribution in [0.4, 0.5) is 0 Å². The maximum atomic E-state index is 12.5. The molecule has 160 valence electrons. The molecule has 7 heteroatoms. The second-order valence-corrected chi connectivity index (χ2v) is 7.44. The molecule has 0 aliphatic heterocycles. The van der Waals surface area contributed by atoms with Crippen LogP contribution in [0, 0.1) is 5.92 Å². The predicted molar refractivity (Wildman–Crippen MR) is 113 cm³/mol. The zero-order valence-corrected chi connectivity index (χ0v) is 17.4. The van der Waals surface area contributed by atoms with Gasteiger partial charge < -0.3 is 20.5 Å². The van der Waals surface area contributed by atoms with E-state index in [0.717, 1.165) is 11.1 Å². The van der Waals surface area contributed by atoms with Crippen LogP contribution in [0.3, 0.4) is 0 Å². The van der Waals surface area contributed by atoms with Crippen molar-refractivity contribution < 1.29 is 24.2 Å². The number of carbonyl (C=O) groups excluding carboxylic acids is 2. The molecule has 2 aromatic rings. The number of aliphatic carboxylic acids is 1. The summed E-state index contributed by atoms with van der Waals surface area (Å²) in [5.74, 6) is -1.51. The molecule has 0 saturated heterocycles. The molecule has 30 heavy (non-hydrogen) atoms. The fourth-order valence-corrected chi connectivity index (χ4v) is 2.91. The van der Waals surface area contributed by atoms with E-state index in [2.05, 4.69) is 10.6 Å². The Kier molecular flexibility index (Phi) is 8.41. The van der Waals surface area contributed by atoms with Crippen molar-refractivity contribution in [2.45, 2.75) is 45.9 Å². The molecule has 7 nitrogen and oxygen atoms in total. The van der Waals surface area contributed by atoms with Crippen molar-refractivity contribution in [1.29, 1.82) is 0 Å². The lowest BCUT2D eigenvalue weighted by Crippen LogP contribution is -2.53. The highest BCUT2D eigenvalue weighted by molar-refractivity contribution is 5.90. The van der Waals surface area contributed by atoms with Crippen LogP contribution in [0.2, 0.25) is 0 Å². The summed E-state index contributed by atoms with van der Waals surface area (Å²) in [6.07, 6.45) is 0.116. The molecule has 2 aromatic carbocycles. The van der Waals surface area contributed by atoms with Crippen molar-refractivity contribution in [1.82, 2.24) is 10.6 Å². The number of carbonyl (C=O) groups is 3. The summed E-state index contributed by atoms with van der Waals surface area (Å²) in [4.78, 5) is 35.5. The van der Waals surface area contributed by atoms with Crippen molar-refractivity contribution in [3.05, 3.63) is 65.7 Å². The van der Waals surface area contributed by atoms with E-state index in [4.69, 9.17) is 4.74 Å². The third kappa shape index (κ3) is 7.24. The van der Waals surface area contributed by atoms with Gasteiger partial charge in [-0.05, 0) is 29.2 Å². The van der Waals surface area contributed by atoms with Crippen LogP contribution in [0.15, 0.2) is 54.6 Å². The Morgan fingerprint density at radius 1 is 0.933 bits per heavy atom. The first-order valence-electron chi connectivity index (χ1n) is 9.82. The maximum absolute atomic E-state index is 12.5. The number of carboxylic acid groups (broad SMARTS) is 1. The molecular weight excluding hydrogens is 384 g/mol. The summed E-state index contributed by atoms with van der Waals surface area (Å²) in [7, 11) is 0. The number of benzene rings is 2. The van der Waals surface area contributed by atoms with Crippen LogP contribution < -0.4 is 15.4 Å². The summed E-state index contributed by atoms with van der Waals surface area (Å²) in [5.41, 5.74) is 1.80. The third-order valence-electron chi connectivity index (χ3n) is 4.53. The smallest absolute Gasteiger partial charge is 0.326 e. The number of amides is 2. The lowest BCUT2D eigenvalue weighted by molar-refractivity contribution is -0.142. The fraction of sp³-hybridized carbons (Fsp3) is 0.348. The summed E-state index contributed by atoms with van der Waals surface area (Å²) >= 11 is 0. The van der Waals surface area contributed by atoms with Crippen LogP contribution in [0.5, 0.6) is 5.75 Å². The van der Waals surface area contributed by atoms with E-state index in [9.17, 15) is 19.5 Å². The monoisotopic (exact) mass is 412 g/mol. The number of ether oxygens (including phenoxy) is 1. The van der Waals surface area contributed by atoms with Gasteiger partial charge in [0.2, 0.25) is 11.8 Å². The highest BCUT2D eigenvalue weighted by atomic mass is 16.5. The third-order valence-corrected chi connectivity index (χ3v) is 4.53. The number of hydrogen-bond acceptors (Lipinski definition) is 4. The first-order chi connectivity index (χ1) is 14.3. The molecule has 0 fully saturated rings. The highest BCUT2D eigenvalue weighted by Crippen LogP contribution is 2.16. The lowest BCUT2D eigenvalue weighted by Gasteiger charge is -2.23. The quantitative estimate of drug-likeness (QED) is 0.556.